The fraction of sp³-hybridized carbons (Fsp3) is 0.300. The van der Waals surface area contributed by atoms with Crippen LogP contribution in [0.2, 0.25) is 0 Å². The minimum Gasteiger partial charge on any atom is -0.486 e. The average molecular weight is 432 g/mol. The van der Waals surface area contributed by atoms with Crippen LogP contribution in [0.1, 0.15) is 29.4 Å². The van der Waals surface area contributed by atoms with E-state index in [1.807, 2.05) is 18.2 Å². The number of ether oxygens (including phenoxy) is 1. The highest BCUT2D eigenvalue weighted by molar-refractivity contribution is 9.10. The third-order valence-corrected chi connectivity index (χ3v) is 5.74. The molecule has 136 valence electrons. The Hall–Kier alpha value is -1.79. The quantitative estimate of drug-likeness (QED) is 0.459. The van der Waals surface area contributed by atoms with Gasteiger partial charge in [-0.3, -0.25) is 0 Å². The third-order valence-electron chi connectivity index (χ3n) is 4.21. The van der Waals surface area contributed by atoms with Gasteiger partial charge in [-0.2, -0.15) is 0 Å². The molecule has 3 rings (SSSR count). The predicted octanol–water partition coefficient (Wildman–Crippen LogP) is 5.55. The van der Waals surface area contributed by atoms with Crippen LogP contribution >= 0.6 is 27.7 Å². The molecule has 0 atom stereocenters. The van der Waals surface area contributed by atoms with Crippen LogP contribution in [-0.4, -0.2) is 14.8 Å². The Morgan fingerprint density at radius 3 is 2.65 bits per heavy atom. The Balaban J connectivity index is 1.66. The highest BCUT2D eigenvalue weighted by Gasteiger charge is 2.12. The van der Waals surface area contributed by atoms with Crippen LogP contribution in [0.15, 0.2) is 52.1 Å². The van der Waals surface area contributed by atoms with Crippen molar-refractivity contribution < 1.29 is 4.74 Å². The van der Waals surface area contributed by atoms with Gasteiger partial charge >= 0.3 is 0 Å². The molecule has 6 heteroatoms. The number of rotatable bonds is 7. The van der Waals surface area contributed by atoms with Crippen molar-refractivity contribution in [1.29, 1.82) is 0 Å². The fourth-order valence-electron chi connectivity index (χ4n) is 2.58. The highest BCUT2D eigenvalue weighted by atomic mass is 79.9. The Morgan fingerprint density at radius 1 is 1.08 bits per heavy atom. The van der Waals surface area contributed by atoms with Crippen LogP contribution in [0.25, 0.3) is 0 Å². The normalized spacial score (nSPS) is 10.9. The van der Waals surface area contributed by atoms with E-state index in [0.717, 1.165) is 33.5 Å². The molecule has 26 heavy (non-hydrogen) atoms. The molecule has 1 heterocycles. The standard InChI is InChI=1S/C20H22BrN3OS/c1-4-24-19(12-25-18-9-8-14(2)15(3)10-18)22-23-20(24)26-13-16-6-5-7-17(21)11-16/h5-11H,4,12-13H2,1-3H3. The predicted molar refractivity (Wildman–Crippen MR) is 110 cm³/mol. The SMILES string of the molecule is CCn1c(COc2ccc(C)c(C)c2)nnc1SCc1cccc(Br)c1. The van der Waals surface area contributed by atoms with Crippen LogP contribution in [0, 0.1) is 13.8 Å². The number of benzene rings is 2. The third kappa shape index (κ3) is 4.68. The Bertz CT molecular complexity index is 895. The van der Waals surface area contributed by atoms with Crippen molar-refractivity contribution in [1.82, 2.24) is 14.8 Å². The average Bonchev–Trinajstić information content (AvgIpc) is 3.03. The van der Waals surface area contributed by atoms with Crippen molar-refractivity contribution >= 4 is 27.7 Å². The topological polar surface area (TPSA) is 39.9 Å². The van der Waals surface area contributed by atoms with Gasteiger partial charge in [-0.05, 0) is 61.7 Å². The molecule has 0 saturated heterocycles. The zero-order valence-corrected chi connectivity index (χ0v) is 17.6. The first-order chi connectivity index (χ1) is 12.6. The molecule has 0 spiro atoms. The van der Waals surface area contributed by atoms with Crippen molar-refractivity contribution in [3.63, 3.8) is 0 Å². The fourth-order valence-corrected chi connectivity index (χ4v) is 3.99. The minimum absolute atomic E-state index is 0.417. The zero-order valence-electron chi connectivity index (χ0n) is 15.2. The molecule has 0 unspecified atom stereocenters. The van der Waals surface area contributed by atoms with Crippen molar-refractivity contribution in [2.75, 3.05) is 0 Å². The lowest BCUT2D eigenvalue weighted by Crippen LogP contribution is -2.07. The molecule has 2 aromatic carbocycles. The summed E-state index contributed by atoms with van der Waals surface area (Å²) in [5.74, 6) is 2.57. The summed E-state index contributed by atoms with van der Waals surface area (Å²) in [6.45, 7) is 7.53. The van der Waals surface area contributed by atoms with Gasteiger partial charge in [0.15, 0.2) is 11.0 Å². The molecule has 0 fully saturated rings. The molecule has 4 nitrogen and oxygen atoms in total. The van der Waals surface area contributed by atoms with Gasteiger partial charge in [0, 0.05) is 16.8 Å². The molecule has 0 aliphatic rings. The van der Waals surface area contributed by atoms with Gasteiger partial charge < -0.3 is 9.30 Å². The number of nitrogens with zero attached hydrogens (tertiary/aromatic N) is 3. The van der Waals surface area contributed by atoms with Crippen LogP contribution in [0.3, 0.4) is 0 Å². The van der Waals surface area contributed by atoms with E-state index in [2.05, 4.69) is 75.7 Å². The molecule has 0 N–H and O–H groups in total. The molecule has 0 aliphatic carbocycles. The lowest BCUT2D eigenvalue weighted by Gasteiger charge is -2.10. The van der Waals surface area contributed by atoms with E-state index in [-0.39, 0.29) is 0 Å². The molecule has 0 amide bonds. The first kappa shape index (κ1) is 19.0. The zero-order chi connectivity index (χ0) is 18.5. The van der Waals surface area contributed by atoms with E-state index in [9.17, 15) is 0 Å². The van der Waals surface area contributed by atoms with Gasteiger partial charge in [-0.15, -0.1) is 10.2 Å². The number of aryl methyl sites for hydroxylation is 2. The summed E-state index contributed by atoms with van der Waals surface area (Å²) in [6, 6.07) is 14.5. The van der Waals surface area contributed by atoms with Crippen molar-refractivity contribution in [3.8, 4) is 5.75 Å². The summed E-state index contributed by atoms with van der Waals surface area (Å²) < 4.78 is 9.13. The molecular formula is C20H22BrN3OS. The Labute approximate surface area is 167 Å². The lowest BCUT2D eigenvalue weighted by molar-refractivity contribution is 0.288. The second kappa shape index (κ2) is 8.73. The van der Waals surface area contributed by atoms with Gasteiger partial charge in [0.25, 0.3) is 0 Å². The summed E-state index contributed by atoms with van der Waals surface area (Å²) >= 11 is 5.21. The van der Waals surface area contributed by atoms with Crippen molar-refractivity contribution in [2.45, 2.75) is 44.8 Å². The maximum atomic E-state index is 5.92. The molecule has 1 aromatic heterocycles. The highest BCUT2D eigenvalue weighted by Crippen LogP contribution is 2.24. The lowest BCUT2D eigenvalue weighted by atomic mass is 10.1. The Kier molecular flexibility index (Phi) is 6.38. The molecule has 0 aliphatic heterocycles. The van der Waals surface area contributed by atoms with Crippen LogP contribution in [0.4, 0.5) is 0 Å². The van der Waals surface area contributed by atoms with E-state index in [4.69, 9.17) is 4.74 Å². The van der Waals surface area contributed by atoms with Gasteiger partial charge in [0.2, 0.25) is 0 Å². The van der Waals surface area contributed by atoms with E-state index in [0.29, 0.717) is 6.61 Å². The van der Waals surface area contributed by atoms with Crippen molar-refractivity contribution in [2.24, 2.45) is 0 Å². The van der Waals surface area contributed by atoms with Gasteiger partial charge in [-0.25, -0.2) is 0 Å². The maximum absolute atomic E-state index is 5.92. The molecule has 0 radical (unpaired) electrons. The number of hydrogen-bond acceptors (Lipinski definition) is 4. The number of hydrogen-bond donors (Lipinski definition) is 0. The summed E-state index contributed by atoms with van der Waals surface area (Å²) in [7, 11) is 0. The second-order valence-corrected chi connectivity index (χ2v) is 7.95. The summed E-state index contributed by atoms with van der Waals surface area (Å²) in [5.41, 5.74) is 3.74. The number of thioether (sulfide) groups is 1. The Morgan fingerprint density at radius 2 is 1.92 bits per heavy atom. The van der Waals surface area contributed by atoms with Crippen LogP contribution < -0.4 is 4.74 Å². The van der Waals surface area contributed by atoms with E-state index < -0.39 is 0 Å². The van der Waals surface area contributed by atoms with Gasteiger partial charge in [0.05, 0.1) is 0 Å². The van der Waals surface area contributed by atoms with E-state index >= 15 is 0 Å². The second-order valence-electron chi connectivity index (χ2n) is 6.10. The molecule has 0 saturated carbocycles. The minimum atomic E-state index is 0.417. The van der Waals surface area contributed by atoms with E-state index in [1.165, 1.54) is 16.7 Å². The molecular weight excluding hydrogens is 410 g/mol. The smallest absolute Gasteiger partial charge is 0.191 e. The molecule has 3 aromatic rings. The van der Waals surface area contributed by atoms with Gasteiger partial charge in [0.1, 0.15) is 12.4 Å². The summed E-state index contributed by atoms with van der Waals surface area (Å²) in [4.78, 5) is 0. The first-order valence-corrected chi connectivity index (χ1v) is 10.3. The summed E-state index contributed by atoms with van der Waals surface area (Å²) in [5, 5.41) is 9.60. The van der Waals surface area contributed by atoms with Gasteiger partial charge in [-0.1, -0.05) is 45.9 Å². The van der Waals surface area contributed by atoms with Crippen LogP contribution in [0.5, 0.6) is 5.75 Å². The monoisotopic (exact) mass is 431 g/mol. The summed E-state index contributed by atoms with van der Waals surface area (Å²) in [6.07, 6.45) is 0. The van der Waals surface area contributed by atoms with E-state index in [1.54, 1.807) is 11.8 Å². The molecule has 0 bridgehead atoms. The number of halogens is 1. The first-order valence-electron chi connectivity index (χ1n) is 8.56. The van der Waals surface area contributed by atoms with Crippen molar-refractivity contribution in [3.05, 3.63) is 69.5 Å². The van der Waals surface area contributed by atoms with Crippen LogP contribution in [-0.2, 0) is 18.9 Å². The maximum Gasteiger partial charge on any atom is 0.191 e. The largest absolute Gasteiger partial charge is 0.486 e. The number of aromatic nitrogens is 3.